The number of benzene rings is 1. The van der Waals surface area contributed by atoms with Crippen LogP contribution >= 0.6 is 11.6 Å². The van der Waals surface area contributed by atoms with Gasteiger partial charge in [0.2, 0.25) is 0 Å². The van der Waals surface area contributed by atoms with Gasteiger partial charge in [-0.15, -0.1) is 0 Å². The van der Waals surface area contributed by atoms with Gasteiger partial charge in [0, 0.05) is 10.6 Å². The molecule has 1 unspecified atom stereocenters. The topological polar surface area (TPSA) is 38.3 Å². The van der Waals surface area contributed by atoms with Crippen molar-refractivity contribution in [2.75, 3.05) is 0 Å². The predicted octanol–water partition coefficient (Wildman–Crippen LogP) is 2.26. The molecule has 0 bridgehead atoms. The molecule has 3 nitrogen and oxygen atoms in total. The van der Waals surface area contributed by atoms with Crippen LogP contribution in [0.5, 0.6) is 0 Å². The summed E-state index contributed by atoms with van der Waals surface area (Å²) in [6.07, 6.45) is -0.371. The average Bonchev–Trinajstić information content (AvgIpc) is 2.42. The molecule has 15 heavy (non-hydrogen) atoms. The Kier molecular flexibility index (Phi) is 2.44. The summed E-state index contributed by atoms with van der Waals surface area (Å²) in [5.74, 6) is -0.0950. The largest absolute Gasteiger partial charge is 0.338 e. The van der Waals surface area contributed by atoms with Crippen molar-refractivity contribution < 1.29 is 9.53 Å². The molecule has 0 aromatic heterocycles. The van der Waals surface area contributed by atoms with E-state index >= 15 is 0 Å². The van der Waals surface area contributed by atoms with E-state index in [1.165, 1.54) is 0 Å². The molecule has 80 valence electrons. The van der Waals surface area contributed by atoms with Crippen molar-refractivity contribution in [3.63, 3.8) is 0 Å². The standard InChI is InChI=1S/C11H12ClNO2/c1-11(2)10(14)13-9(15-11)7-3-5-8(12)6-4-7/h3-6,9H,1-2H3,(H,13,14). The van der Waals surface area contributed by atoms with Gasteiger partial charge in [-0.05, 0) is 26.0 Å². The zero-order valence-electron chi connectivity index (χ0n) is 8.58. The second-order valence-electron chi connectivity index (χ2n) is 4.03. The van der Waals surface area contributed by atoms with Gasteiger partial charge in [0.25, 0.3) is 5.91 Å². The van der Waals surface area contributed by atoms with Crippen LogP contribution in [0.15, 0.2) is 24.3 Å². The Hall–Kier alpha value is -1.06. The van der Waals surface area contributed by atoms with Gasteiger partial charge >= 0.3 is 0 Å². The maximum absolute atomic E-state index is 11.5. The molecule has 1 aromatic rings. The van der Waals surface area contributed by atoms with Crippen LogP contribution in [-0.2, 0) is 9.53 Å². The molecule has 1 amide bonds. The van der Waals surface area contributed by atoms with Crippen molar-refractivity contribution in [3.8, 4) is 0 Å². The minimum atomic E-state index is -0.760. The van der Waals surface area contributed by atoms with Crippen LogP contribution in [0.4, 0.5) is 0 Å². The van der Waals surface area contributed by atoms with Crippen molar-refractivity contribution >= 4 is 17.5 Å². The molecule has 0 aliphatic carbocycles. The SMILES string of the molecule is CC1(C)OC(c2ccc(Cl)cc2)NC1=O. The van der Waals surface area contributed by atoms with E-state index in [4.69, 9.17) is 16.3 Å². The maximum Gasteiger partial charge on any atom is 0.254 e. The first-order valence-electron chi connectivity index (χ1n) is 4.73. The number of halogens is 1. The summed E-state index contributed by atoms with van der Waals surface area (Å²) in [6.45, 7) is 3.50. The zero-order chi connectivity index (χ0) is 11.1. The predicted molar refractivity (Wildman–Crippen MR) is 57.5 cm³/mol. The van der Waals surface area contributed by atoms with Gasteiger partial charge in [-0.1, -0.05) is 23.7 Å². The molecule has 4 heteroatoms. The van der Waals surface area contributed by atoms with Crippen LogP contribution < -0.4 is 5.32 Å². The summed E-state index contributed by atoms with van der Waals surface area (Å²) in [7, 11) is 0. The molecule has 1 fully saturated rings. The van der Waals surface area contributed by atoms with Gasteiger partial charge in [0.05, 0.1) is 0 Å². The molecule has 1 aliphatic rings. The normalized spacial score (nSPS) is 23.9. The third-order valence-electron chi connectivity index (χ3n) is 2.39. The molecule has 1 heterocycles. The molecule has 2 rings (SSSR count). The van der Waals surface area contributed by atoms with Gasteiger partial charge in [0.1, 0.15) is 5.60 Å². The lowest BCUT2D eigenvalue weighted by molar-refractivity contribution is -0.130. The molecule has 1 atom stereocenters. The molecule has 0 spiro atoms. The van der Waals surface area contributed by atoms with E-state index in [9.17, 15) is 4.79 Å². The van der Waals surface area contributed by atoms with E-state index in [1.807, 2.05) is 12.1 Å². The van der Waals surface area contributed by atoms with Crippen LogP contribution in [0.2, 0.25) is 5.02 Å². The Labute approximate surface area is 93.4 Å². The Morgan fingerprint density at radius 3 is 2.40 bits per heavy atom. The zero-order valence-corrected chi connectivity index (χ0v) is 9.34. The number of rotatable bonds is 1. The number of hydrogen-bond acceptors (Lipinski definition) is 2. The number of hydrogen-bond donors (Lipinski definition) is 1. The Balaban J connectivity index is 2.21. The van der Waals surface area contributed by atoms with E-state index in [0.717, 1.165) is 5.56 Å². The minimum Gasteiger partial charge on any atom is -0.338 e. The first-order chi connectivity index (χ1) is 6.99. The highest BCUT2D eigenvalue weighted by Crippen LogP contribution is 2.29. The quantitative estimate of drug-likeness (QED) is 0.796. The fraction of sp³-hybridized carbons (Fsp3) is 0.364. The number of amides is 1. The van der Waals surface area contributed by atoms with E-state index in [2.05, 4.69) is 5.32 Å². The number of carbonyl (C=O) groups is 1. The monoisotopic (exact) mass is 225 g/mol. The second kappa shape index (κ2) is 3.51. The molecule has 1 aromatic carbocycles. The van der Waals surface area contributed by atoms with E-state index in [-0.39, 0.29) is 12.1 Å². The number of ether oxygens (including phenoxy) is 1. The van der Waals surface area contributed by atoms with Crippen molar-refractivity contribution in [1.82, 2.24) is 5.32 Å². The molecular weight excluding hydrogens is 214 g/mol. The fourth-order valence-electron chi connectivity index (χ4n) is 1.46. The van der Waals surface area contributed by atoms with Gasteiger partial charge in [-0.25, -0.2) is 0 Å². The highest BCUT2D eigenvalue weighted by Gasteiger charge is 2.40. The van der Waals surface area contributed by atoms with Crippen LogP contribution in [-0.4, -0.2) is 11.5 Å². The summed E-state index contributed by atoms with van der Waals surface area (Å²) >= 11 is 5.77. The van der Waals surface area contributed by atoms with Crippen LogP contribution in [0.1, 0.15) is 25.6 Å². The first-order valence-corrected chi connectivity index (χ1v) is 5.11. The fourth-order valence-corrected chi connectivity index (χ4v) is 1.59. The summed E-state index contributed by atoms with van der Waals surface area (Å²) < 4.78 is 5.58. The van der Waals surface area contributed by atoms with Crippen molar-refractivity contribution in [2.45, 2.75) is 25.7 Å². The number of nitrogens with one attached hydrogen (secondary N) is 1. The summed E-state index contributed by atoms with van der Waals surface area (Å²) in [5, 5.41) is 3.44. The minimum absolute atomic E-state index is 0.0950. The smallest absolute Gasteiger partial charge is 0.254 e. The lowest BCUT2D eigenvalue weighted by Crippen LogP contribution is -2.32. The highest BCUT2D eigenvalue weighted by molar-refractivity contribution is 6.30. The number of carbonyl (C=O) groups excluding carboxylic acids is 1. The maximum atomic E-state index is 11.5. The third kappa shape index (κ3) is 1.98. The molecular formula is C11H12ClNO2. The molecule has 0 radical (unpaired) electrons. The van der Waals surface area contributed by atoms with E-state index in [1.54, 1.807) is 26.0 Å². The van der Waals surface area contributed by atoms with Crippen LogP contribution in [0.3, 0.4) is 0 Å². The van der Waals surface area contributed by atoms with E-state index < -0.39 is 5.60 Å². The lowest BCUT2D eigenvalue weighted by atomic mass is 10.1. The summed E-state index contributed by atoms with van der Waals surface area (Å²) in [4.78, 5) is 11.5. The second-order valence-corrected chi connectivity index (χ2v) is 4.47. The summed E-state index contributed by atoms with van der Waals surface area (Å²) in [5.41, 5.74) is 0.142. The Bertz CT molecular complexity index is 386. The van der Waals surface area contributed by atoms with Crippen molar-refractivity contribution in [3.05, 3.63) is 34.9 Å². The molecule has 0 saturated carbocycles. The van der Waals surface area contributed by atoms with Gasteiger partial charge in [0.15, 0.2) is 6.23 Å². The lowest BCUT2D eigenvalue weighted by Gasteiger charge is -2.15. The van der Waals surface area contributed by atoms with Crippen molar-refractivity contribution in [1.29, 1.82) is 0 Å². The van der Waals surface area contributed by atoms with E-state index in [0.29, 0.717) is 5.02 Å². The Morgan fingerprint density at radius 2 is 1.93 bits per heavy atom. The third-order valence-corrected chi connectivity index (χ3v) is 2.65. The molecule has 1 saturated heterocycles. The van der Waals surface area contributed by atoms with Gasteiger partial charge < -0.3 is 10.1 Å². The van der Waals surface area contributed by atoms with Crippen molar-refractivity contribution in [2.24, 2.45) is 0 Å². The highest BCUT2D eigenvalue weighted by atomic mass is 35.5. The van der Waals surface area contributed by atoms with Gasteiger partial charge in [-0.3, -0.25) is 4.79 Å². The first kappa shape index (κ1) is 10.5. The van der Waals surface area contributed by atoms with Crippen LogP contribution in [0.25, 0.3) is 0 Å². The average molecular weight is 226 g/mol. The Morgan fingerprint density at radius 1 is 1.33 bits per heavy atom. The summed E-state index contributed by atoms with van der Waals surface area (Å²) in [6, 6.07) is 7.23. The van der Waals surface area contributed by atoms with Gasteiger partial charge in [-0.2, -0.15) is 0 Å². The molecule has 1 N–H and O–H groups in total. The molecule has 1 aliphatic heterocycles. The van der Waals surface area contributed by atoms with Crippen LogP contribution in [0, 0.1) is 0 Å².